The number of nitrogens with zero attached hydrogens (tertiary/aromatic N) is 5. The summed E-state index contributed by atoms with van der Waals surface area (Å²) in [7, 11) is 0. The van der Waals surface area contributed by atoms with Crippen molar-refractivity contribution < 1.29 is 9.90 Å². The number of nitriles is 2. The van der Waals surface area contributed by atoms with Crippen molar-refractivity contribution in [1.82, 2.24) is 19.9 Å². The number of carbonyl (C=O) groups excluding carboxylic acids is 1. The van der Waals surface area contributed by atoms with Crippen LogP contribution in [-0.4, -0.2) is 31.3 Å². The standard InChI is InChI=1S/C8H11ClN2.C8H12N2O.C7H10N2.C7H12O2/c1-8(2,3)6-4-10-7(9)11-5-6;1-8(2,3)6-4-9-7(11)10-5-6;2*1-7(2,3)6(4-8)5-9/h4-5H,1-3H3;4-5H,1-3H3,(H,9,10,11);6H,1-3H3;4-5,8H,1-3H3/b;;;6-4-. The summed E-state index contributed by atoms with van der Waals surface area (Å²) in [4.78, 5) is 34.7. The van der Waals surface area contributed by atoms with Gasteiger partial charge >= 0.3 is 5.69 Å². The molecule has 0 aliphatic heterocycles. The van der Waals surface area contributed by atoms with Gasteiger partial charge in [0.15, 0.2) is 0 Å². The van der Waals surface area contributed by atoms with Crippen molar-refractivity contribution in [3.8, 4) is 12.1 Å². The van der Waals surface area contributed by atoms with Crippen LogP contribution in [0.3, 0.4) is 0 Å². The second-order valence-electron chi connectivity index (χ2n) is 13.1. The van der Waals surface area contributed by atoms with E-state index in [4.69, 9.17) is 27.2 Å². The Labute approximate surface area is 244 Å². The molecule has 2 rings (SSSR count). The first kappa shape index (κ1) is 38.6. The zero-order chi connectivity index (χ0) is 31.9. The van der Waals surface area contributed by atoms with Gasteiger partial charge in [-0.3, -0.25) is 4.79 Å². The van der Waals surface area contributed by atoms with Gasteiger partial charge in [-0.2, -0.15) is 10.5 Å². The molecule has 0 saturated heterocycles. The summed E-state index contributed by atoms with van der Waals surface area (Å²) in [5.74, 6) is -0.488. The third kappa shape index (κ3) is 16.4. The number of rotatable bonds is 1. The van der Waals surface area contributed by atoms with Crippen LogP contribution in [-0.2, 0) is 15.6 Å². The Kier molecular flexibility index (Phi) is 15.9. The lowest BCUT2D eigenvalue weighted by Gasteiger charge is -2.17. The number of aldehydes is 1. The van der Waals surface area contributed by atoms with Crippen molar-refractivity contribution in [2.75, 3.05) is 0 Å². The minimum atomic E-state index is -0.488. The van der Waals surface area contributed by atoms with Crippen molar-refractivity contribution in [2.45, 2.75) is 93.9 Å². The van der Waals surface area contributed by atoms with E-state index >= 15 is 0 Å². The van der Waals surface area contributed by atoms with Crippen LogP contribution in [0.25, 0.3) is 0 Å². The van der Waals surface area contributed by atoms with Crippen molar-refractivity contribution >= 4 is 17.9 Å². The van der Waals surface area contributed by atoms with Gasteiger partial charge in [-0.05, 0) is 44.4 Å². The summed E-state index contributed by atoms with van der Waals surface area (Å²) in [6, 6.07) is 3.86. The van der Waals surface area contributed by atoms with E-state index in [1.807, 2.05) is 53.7 Å². The Balaban J connectivity index is 0. The monoisotopic (exact) mass is 572 g/mol. The number of aromatic nitrogens is 4. The summed E-state index contributed by atoms with van der Waals surface area (Å²) in [5, 5.41) is 25.6. The number of carbonyl (C=O) groups is 1. The molecule has 0 aromatic carbocycles. The molecule has 40 heavy (non-hydrogen) atoms. The molecule has 2 aromatic rings. The van der Waals surface area contributed by atoms with Gasteiger partial charge in [0.2, 0.25) is 5.28 Å². The maximum atomic E-state index is 10.6. The average Bonchev–Trinajstić information content (AvgIpc) is 2.79. The third-order valence-electron chi connectivity index (χ3n) is 5.28. The number of aromatic amines is 1. The maximum Gasteiger partial charge on any atom is 0.344 e. The molecule has 0 aliphatic carbocycles. The van der Waals surface area contributed by atoms with E-state index in [1.54, 1.807) is 24.8 Å². The van der Waals surface area contributed by atoms with Crippen LogP contribution in [0.5, 0.6) is 0 Å². The third-order valence-corrected chi connectivity index (χ3v) is 5.48. The van der Waals surface area contributed by atoms with Crippen LogP contribution in [0.1, 0.15) is 94.2 Å². The highest BCUT2D eigenvalue weighted by molar-refractivity contribution is 6.28. The van der Waals surface area contributed by atoms with E-state index in [-0.39, 0.29) is 27.3 Å². The number of allylic oxidation sites excluding steroid dienone is 1. The van der Waals surface area contributed by atoms with Crippen molar-refractivity contribution in [2.24, 2.45) is 16.7 Å². The summed E-state index contributed by atoms with van der Waals surface area (Å²) >= 11 is 5.54. The summed E-state index contributed by atoms with van der Waals surface area (Å²) in [6.45, 7) is 23.8. The molecule has 2 heterocycles. The minimum absolute atomic E-state index is 0.0528. The Hall–Kier alpha value is -3.56. The van der Waals surface area contributed by atoms with Gasteiger partial charge in [0.1, 0.15) is 12.2 Å². The van der Waals surface area contributed by atoms with E-state index in [1.165, 1.54) is 0 Å². The van der Waals surface area contributed by atoms with Gasteiger partial charge < -0.3 is 10.1 Å². The van der Waals surface area contributed by atoms with Crippen molar-refractivity contribution in [3.63, 3.8) is 0 Å². The average molecular weight is 573 g/mol. The molecule has 0 unspecified atom stereocenters. The van der Waals surface area contributed by atoms with E-state index < -0.39 is 5.92 Å². The molecular weight excluding hydrogens is 528 g/mol. The normalized spacial score (nSPS) is 11.8. The number of hydrogen-bond donors (Lipinski definition) is 2. The topological polar surface area (TPSA) is 156 Å². The first-order valence-electron chi connectivity index (χ1n) is 12.7. The van der Waals surface area contributed by atoms with Crippen LogP contribution < -0.4 is 5.69 Å². The summed E-state index contributed by atoms with van der Waals surface area (Å²) < 4.78 is 0. The quantitative estimate of drug-likeness (QED) is 0.162. The van der Waals surface area contributed by atoms with Crippen LogP contribution in [0, 0.1) is 39.4 Å². The van der Waals surface area contributed by atoms with Gasteiger partial charge in [-0.1, -0.05) is 83.1 Å². The van der Waals surface area contributed by atoms with Gasteiger partial charge in [0.05, 0.1) is 18.4 Å². The molecule has 2 N–H and O–H groups in total. The fourth-order valence-corrected chi connectivity index (χ4v) is 2.37. The second kappa shape index (κ2) is 16.5. The fraction of sp³-hybridized carbons (Fsp3) is 0.567. The van der Waals surface area contributed by atoms with Crippen LogP contribution >= 0.6 is 11.6 Å². The number of hydrogen-bond acceptors (Lipinski definition) is 8. The van der Waals surface area contributed by atoms with Crippen LogP contribution in [0.2, 0.25) is 5.28 Å². The summed E-state index contributed by atoms with van der Waals surface area (Å²) in [5.41, 5.74) is 1.97. The molecule has 0 aliphatic rings. The SMILES string of the molecule is CC(C)(C)/C(C=O)=C\O.CC(C)(C)C(C#N)C#N.CC(C)(C)c1cnc(=O)[nH]c1.CC(C)(C)c1cnc(Cl)nc1. The van der Waals surface area contributed by atoms with E-state index in [0.29, 0.717) is 17.1 Å². The molecule has 0 atom stereocenters. The number of nitrogens with one attached hydrogen (secondary N) is 1. The lowest BCUT2D eigenvalue weighted by Crippen LogP contribution is -2.17. The molecule has 0 radical (unpaired) electrons. The van der Waals surface area contributed by atoms with Crippen molar-refractivity contribution in [1.29, 1.82) is 10.5 Å². The zero-order valence-electron chi connectivity index (χ0n) is 25.9. The molecule has 0 amide bonds. The van der Waals surface area contributed by atoms with Crippen LogP contribution in [0.4, 0.5) is 0 Å². The van der Waals surface area contributed by atoms with Crippen molar-refractivity contribution in [3.05, 3.63) is 63.5 Å². The number of halogens is 1. The number of aliphatic hydroxyl groups is 1. The first-order chi connectivity index (χ1) is 18.0. The molecular formula is C30H45ClN6O3. The molecule has 0 fully saturated rings. The predicted molar refractivity (Wildman–Crippen MR) is 160 cm³/mol. The predicted octanol–water partition coefficient (Wildman–Crippen LogP) is 6.86. The lowest BCUT2D eigenvalue weighted by molar-refractivity contribution is -0.105. The number of aliphatic hydroxyl groups excluding tert-OH is 1. The molecule has 0 spiro atoms. The molecule has 0 bridgehead atoms. The van der Waals surface area contributed by atoms with Gasteiger partial charge in [-0.25, -0.2) is 19.7 Å². The second-order valence-corrected chi connectivity index (χ2v) is 13.4. The van der Waals surface area contributed by atoms with Gasteiger partial charge in [-0.15, -0.1) is 0 Å². The Bertz CT molecular complexity index is 1180. The highest BCUT2D eigenvalue weighted by atomic mass is 35.5. The Morgan fingerprint density at radius 2 is 1.30 bits per heavy atom. The number of H-pyrrole nitrogens is 1. The first-order valence-corrected chi connectivity index (χ1v) is 13.0. The highest BCUT2D eigenvalue weighted by Crippen LogP contribution is 2.24. The van der Waals surface area contributed by atoms with E-state index in [0.717, 1.165) is 17.4 Å². The smallest absolute Gasteiger partial charge is 0.344 e. The van der Waals surface area contributed by atoms with Gasteiger partial charge in [0.25, 0.3) is 0 Å². The maximum absolute atomic E-state index is 10.6. The zero-order valence-corrected chi connectivity index (χ0v) is 26.7. The molecule has 9 nitrogen and oxygen atoms in total. The summed E-state index contributed by atoms with van der Waals surface area (Å²) in [6.07, 6.45) is 8.35. The molecule has 2 aromatic heterocycles. The van der Waals surface area contributed by atoms with Crippen LogP contribution in [0.15, 0.2) is 41.4 Å². The lowest BCUT2D eigenvalue weighted by atomic mass is 9.83. The highest BCUT2D eigenvalue weighted by Gasteiger charge is 2.23. The Morgan fingerprint density at radius 1 is 0.875 bits per heavy atom. The van der Waals surface area contributed by atoms with E-state index in [9.17, 15) is 9.59 Å². The van der Waals surface area contributed by atoms with E-state index in [2.05, 4.69) is 61.5 Å². The minimum Gasteiger partial charge on any atom is -0.515 e. The fourth-order valence-electron chi connectivity index (χ4n) is 2.27. The Morgan fingerprint density at radius 3 is 1.50 bits per heavy atom. The molecule has 220 valence electrons. The molecule has 10 heteroatoms. The molecule has 0 saturated carbocycles. The van der Waals surface area contributed by atoms with Gasteiger partial charge in [0, 0.05) is 30.4 Å². The largest absolute Gasteiger partial charge is 0.515 e.